The van der Waals surface area contributed by atoms with Crippen LogP contribution in [0.2, 0.25) is 0 Å². The summed E-state index contributed by atoms with van der Waals surface area (Å²) < 4.78 is 5.60. The second kappa shape index (κ2) is 8.15. The number of amides is 1. The maximum absolute atomic E-state index is 12.2. The fourth-order valence-corrected chi connectivity index (χ4v) is 2.33. The molecular weight excluding hydrogens is 306 g/mol. The maximum atomic E-state index is 12.2. The Morgan fingerprint density at radius 3 is 2.42 bits per heavy atom. The van der Waals surface area contributed by atoms with Crippen LogP contribution >= 0.6 is 0 Å². The predicted molar refractivity (Wildman–Crippen MR) is 90.9 cm³/mol. The molecule has 1 amide bonds. The van der Waals surface area contributed by atoms with E-state index in [2.05, 4.69) is 5.32 Å². The molecule has 0 fully saturated rings. The molecule has 1 unspecified atom stereocenters. The van der Waals surface area contributed by atoms with Gasteiger partial charge in [0.1, 0.15) is 5.75 Å². The van der Waals surface area contributed by atoms with Crippen molar-refractivity contribution < 1.29 is 19.4 Å². The van der Waals surface area contributed by atoms with Gasteiger partial charge in [-0.3, -0.25) is 4.79 Å². The van der Waals surface area contributed by atoms with Gasteiger partial charge in [-0.25, -0.2) is 4.79 Å². The molecule has 0 aliphatic rings. The van der Waals surface area contributed by atoms with Crippen LogP contribution < -0.4 is 10.1 Å². The minimum atomic E-state index is -1.09. The number of aliphatic carboxylic acids is 1. The van der Waals surface area contributed by atoms with Gasteiger partial charge in [-0.15, -0.1) is 0 Å². The molecule has 1 atom stereocenters. The Morgan fingerprint density at radius 1 is 1.08 bits per heavy atom. The molecule has 0 aliphatic carbocycles. The Bertz CT molecular complexity index is 698. The van der Waals surface area contributed by atoms with Crippen molar-refractivity contribution in [2.45, 2.75) is 32.4 Å². The molecule has 2 aromatic carbocycles. The van der Waals surface area contributed by atoms with Crippen LogP contribution in [0.1, 0.15) is 31.0 Å². The second-order valence-corrected chi connectivity index (χ2v) is 5.74. The van der Waals surface area contributed by atoms with Gasteiger partial charge in [-0.1, -0.05) is 42.5 Å². The smallest absolute Gasteiger partial charge is 0.330 e. The number of nitrogens with one attached hydrogen (secondary N) is 1. The molecule has 0 bridgehead atoms. The van der Waals surface area contributed by atoms with Gasteiger partial charge in [0.2, 0.25) is 5.91 Å². The molecule has 24 heavy (non-hydrogen) atoms. The first-order valence-corrected chi connectivity index (χ1v) is 7.78. The first-order chi connectivity index (χ1) is 11.5. The quantitative estimate of drug-likeness (QED) is 0.820. The third-order valence-electron chi connectivity index (χ3n) is 3.32. The maximum Gasteiger partial charge on any atom is 0.330 e. The number of rotatable bonds is 7. The molecule has 0 aliphatic heterocycles. The SMILES string of the molecule is CC(C)Oc1cccc(CC(=O)NC(C(=O)O)c2ccccc2)c1. The van der Waals surface area contributed by atoms with Gasteiger partial charge < -0.3 is 15.2 Å². The summed E-state index contributed by atoms with van der Waals surface area (Å²) in [5.41, 5.74) is 1.30. The van der Waals surface area contributed by atoms with Gasteiger partial charge in [-0.05, 0) is 37.1 Å². The monoisotopic (exact) mass is 327 g/mol. The number of carbonyl (C=O) groups is 2. The van der Waals surface area contributed by atoms with Crippen LogP contribution in [-0.4, -0.2) is 23.1 Å². The zero-order chi connectivity index (χ0) is 17.5. The second-order valence-electron chi connectivity index (χ2n) is 5.74. The van der Waals surface area contributed by atoms with Gasteiger partial charge in [0.15, 0.2) is 6.04 Å². The lowest BCUT2D eigenvalue weighted by molar-refractivity contribution is -0.141. The van der Waals surface area contributed by atoms with E-state index < -0.39 is 12.0 Å². The summed E-state index contributed by atoms with van der Waals surface area (Å²) in [4.78, 5) is 23.6. The van der Waals surface area contributed by atoms with Crippen molar-refractivity contribution in [1.29, 1.82) is 0 Å². The Kier molecular flexibility index (Phi) is 5.95. The third kappa shape index (κ3) is 5.12. The summed E-state index contributed by atoms with van der Waals surface area (Å²) in [5, 5.41) is 11.9. The van der Waals surface area contributed by atoms with Gasteiger partial charge in [0.25, 0.3) is 0 Å². The van der Waals surface area contributed by atoms with Crippen LogP contribution in [0, 0.1) is 0 Å². The highest BCUT2D eigenvalue weighted by molar-refractivity contribution is 5.85. The van der Waals surface area contributed by atoms with Crippen molar-refractivity contribution in [2.24, 2.45) is 0 Å². The van der Waals surface area contributed by atoms with Crippen LogP contribution in [0.15, 0.2) is 54.6 Å². The van der Waals surface area contributed by atoms with E-state index in [-0.39, 0.29) is 18.4 Å². The van der Waals surface area contributed by atoms with Gasteiger partial charge >= 0.3 is 5.97 Å². The van der Waals surface area contributed by atoms with E-state index in [0.717, 1.165) is 5.56 Å². The average molecular weight is 327 g/mol. The number of ether oxygens (including phenoxy) is 1. The molecule has 0 saturated carbocycles. The number of carboxylic acid groups (broad SMARTS) is 1. The van der Waals surface area contributed by atoms with Crippen LogP contribution in [0.3, 0.4) is 0 Å². The molecule has 2 aromatic rings. The van der Waals surface area contributed by atoms with Crippen LogP contribution in [0.25, 0.3) is 0 Å². The highest BCUT2D eigenvalue weighted by atomic mass is 16.5. The van der Waals surface area contributed by atoms with Crippen LogP contribution in [0.5, 0.6) is 5.75 Å². The first kappa shape index (κ1) is 17.5. The highest BCUT2D eigenvalue weighted by Gasteiger charge is 2.21. The lowest BCUT2D eigenvalue weighted by Crippen LogP contribution is -2.34. The molecule has 0 saturated heterocycles. The number of carboxylic acids is 1. The lowest BCUT2D eigenvalue weighted by atomic mass is 10.1. The van der Waals surface area contributed by atoms with E-state index in [1.807, 2.05) is 32.0 Å². The molecule has 126 valence electrons. The summed E-state index contributed by atoms with van der Waals surface area (Å²) in [6, 6.07) is 14.8. The normalized spacial score (nSPS) is 11.8. The van der Waals surface area contributed by atoms with Crippen LogP contribution in [-0.2, 0) is 16.0 Å². The third-order valence-corrected chi connectivity index (χ3v) is 3.32. The number of carbonyl (C=O) groups excluding carboxylic acids is 1. The average Bonchev–Trinajstić information content (AvgIpc) is 2.53. The highest BCUT2D eigenvalue weighted by Crippen LogP contribution is 2.17. The summed E-state index contributed by atoms with van der Waals surface area (Å²) in [6.07, 6.45) is 0.134. The molecule has 0 spiro atoms. The summed E-state index contributed by atoms with van der Waals surface area (Å²) >= 11 is 0. The van der Waals surface area contributed by atoms with Crippen molar-refractivity contribution in [3.63, 3.8) is 0 Å². The van der Waals surface area contributed by atoms with Gasteiger partial charge in [0.05, 0.1) is 12.5 Å². The fourth-order valence-electron chi connectivity index (χ4n) is 2.33. The molecular formula is C19H21NO4. The molecule has 5 nitrogen and oxygen atoms in total. The van der Waals surface area contributed by atoms with E-state index in [4.69, 9.17) is 4.74 Å². The van der Waals surface area contributed by atoms with Crippen LogP contribution in [0.4, 0.5) is 0 Å². The fraction of sp³-hybridized carbons (Fsp3) is 0.263. The Hall–Kier alpha value is -2.82. The van der Waals surface area contributed by atoms with Crippen molar-refractivity contribution in [1.82, 2.24) is 5.32 Å². The summed E-state index contributed by atoms with van der Waals surface area (Å²) in [6.45, 7) is 3.85. The summed E-state index contributed by atoms with van der Waals surface area (Å²) in [5.74, 6) is -0.757. The molecule has 0 radical (unpaired) electrons. The first-order valence-electron chi connectivity index (χ1n) is 7.78. The zero-order valence-electron chi connectivity index (χ0n) is 13.7. The van der Waals surface area contributed by atoms with E-state index in [0.29, 0.717) is 11.3 Å². The molecule has 0 heterocycles. The largest absolute Gasteiger partial charge is 0.491 e. The zero-order valence-corrected chi connectivity index (χ0v) is 13.7. The standard InChI is InChI=1S/C19H21NO4/c1-13(2)24-16-10-6-7-14(11-16)12-17(21)20-18(19(22)23)15-8-4-3-5-9-15/h3-11,13,18H,12H2,1-2H3,(H,20,21)(H,22,23). The summed E-state index contributed by atoms with van der Waals surface area (Å²) in [7, 11) is 0. The van der Waals surface area contributed by atoms with E-state index in [1.54, 1.807) is 36.4 Å². The van der Waals surface area contributed by atoms with E-state index in [1.165, 1.54) is 0 Å². The topological polar surface area (TPSA) is 75.6 Å². The molecule has 2 N–H and O–H groups in total. The van der Waals surface area contributed by atoms with Gasteiger partial charge in [0, 0.05) is 0 Å². The minimum absolute atomic E-state index is 0.0450. The van der Waals surface area contributed by atoms with Crippen molar-refractivity contribution >= 4 is 11.9 Å². The van der Waals surface area contributed by atoms with Crippen molar-refractivity contribution in [3.05, 3.63) is 65.7 Å². The van der Waals surface area contributed by atoms with E-state index >= 15 is 0 Å². The molecule has 0 aromatic heterocycles. The minimum Gasteiger partial charge on any atom is -0.491 e. The molecule has 5 heteroatoms. The Morgan fingerprint density at radius 2 is 1.79 bits per heavy atom. The van der Waals surface area contributed by atoms with Crippen molar-refractivity contribution in [3.8, 4) is 5.75 Å². The van der Waals surface area contributed by atoms with E-state index in [9.17, 15) is 14.7 Å². The number of benzene rings is 2. The van der Waals surface area contributed by atoms with Gasteiger partial charge in [-0.2, -0.15) is 0 Å². The van der Waals surface area contributed by atoms with Crippen molar-refractivity contribution in [2.75, 3.05) is 0 Å². The number of hydrogen-bond acceptors (Lipinski definition) is 3. The Balaban J connectivity index is 2.05. The number of hydrogen-bond donors (Lipinski definition) is 2. The molecule has 2 rings (SSSR count). The Labute approximate surface area is 141 Å². The predicted octanol–water partition coefficient (Wildman–Crippen LogP) is 2.96. The lowest BCUT2D eigenvalue weighted by Gasteiger charge is -2.15.